The molecular formula is C15H27NO6. The highest BCUT2D eigenvalue weighted by atomic mass is 16.4. The third-order valence-corrected chi connectivity index (χ3v) is 3.21. The number of carboxylic acid groups (broad SMARTS) is 2. The van der Waals surface area contributed by atoms with Gasteiger partial charge in [-0.3, -0.25) is 14.4 Å². The number of Topliss-reactive ketones (excluding diaryl/α,β-unsaturated/α-hetero) is 2. The summed E-state index contributed by atoms with van der Waals surface area (Å²) in [6, 6.07) is -0.598. The van der Waals surface area contributed by atoms with Crippen LogP contribution in [0.2, 0.25) is 0 Å². The van der Waals surface area contributed by atoms with Crippen molar-refractivity contribution in [3.8, 4) is 0 Å². The highest BCUT2D eigenvalue weighted by Crippen LogP contribution is 2.11. The lowest BCUT2D eigenvalue weighted by atomic mass is 9.97. The van der Waals surface area contributed by atoms with Gasteiger partial charge in [-0.15, -0.1) is 0 Å². The number of carbonyl (C=O) groups excluding carboxylic acids is 2. The summed E-state index contributed by atoms with van der Waals surface area (Å²) in [5.74, 6) is -1.69. The number of hydrogen-bond donors (Lipinski definition) is 3. The van der Waals surface area contributed by atoms with Gasteiger partial charge in [0.15, 0.2) is 0 Å². The van der Waals surface area contributed by atoms with E-state index in [1.54, 1.807) is 7.05 Å². The van der Waals surface area contributed by atoms with Gasteiger partial charge in [-0.05, 0) is 40.2 Å². The van der Waals surface area contributed by atoms with Crippen molar-refractivity contribution in [2.24, 2.45) is 5.92 Å². The second kappa shape index (κ2) is 12.9. The molecule has 0 aliphatic heterocycles. The third kappa shape index (κ3) is 13.2. The molecule has 0 spiro atoms. The van der Waals surface area contributed by atoms with E-state index < -0.39 is 18.0 Å². The molecule has 0 aliphatic rings. The van der Waals surface area contributed by atoms with Gasteiger partial charge in [0.05, 0.1) is 0 Å². The smallest absolute Gasteiger partial charge is 0.320 e. The van der Waals surface area contributed by atoms with Crippen LogP contribution in [0, 0.1) is 5.92 Å². The van der Waals surface area contributed by atoms with E-state index in [1.807, 2.05) is 6.92 Å². The molecule has 0 radical (unpaired) electrons. The number of rotatable bonds is 10. The minimum atomic E-state index is -0.909. The number of nitrogens with one attached hydrogen (secondary N) is 1. The fourth-order valence-corrected chi connectivity index (χ4v) is 1.73. The van der Waals surface area contributed by atoms with E-state index in [1.165, 1.54) is 13.8 Å². The molecule has 0 bridgehead atoms. The lowest BCUT2D eigenvalue weighted by Gasteiger charge is -2.08. The zero-order chi connectivity index (χ0) is 17.7. The number of likely N-dealkylation sites (N-methyl/N-ethyl adjacent to an activating group) is 1. The van der Waals surface area contributed by atoms with Gasteiger partial charge in [0.1, 0.15) is 17.6 Å². The van der Waals surface area contributed by atoms with Gasteiger partial charge >= 0.3 is 11.9 Å². The molecule has 2 atom stereocenters. The highest BCUT2D eigenvalue weighted by Gasteiger charge is 2.14. The summed E-state index contributed by atoms with van der Waals surface area (Å²) in [5.41, 5.74) is 0. The monoisotopic (exact) mass is 317 g/mol. The molecule has 0 rings (SSSR count). The topological polar surface area (TPSA) is 121 Å². The Morgan fingerprint density at radius 2 is 1.55 bits per heavy atom. The Hall–Kier alpha value is -1.76. The molecular weight excluding hydrogens is 290 g/mol. The van der Waals surface area contributed by atoms with Crippen molar-refractivity contribution in [1.82, 2.24) is 5.32 Å². The van der Waals surface area contributed by atoms with Crippen molar-refractivity contribution in [3.63, 3.8) is 0 Å². The molecule has 22 heavy (non-hydrogen) atoms. The van der Waals surface area contributed by atoms with Gasteiger partial charge in [0, 0.05) is 18.8 Å². The minimum Gasteiger partial charge on any atom is -0.481 e. The van der Waals surface area contributed by atoms with Crippen LogP contribution in [-0.2, 0) is 19.2 Å². The van der Waals surface area contributed by atoms with Crippen molar-refractivity contribution in [1.29, 1.82) is 0 Å². The fourth-order valence-electron chi connectivity index (χ4n) is 1.73. The number of ketones is 2. The van der Waals surface area contributed by atoms with E-state index in [4.69, 9.17) is 10.2 Å². The van der Waals surface area contributed by atoms with Gasteiger partial charge in [-0.25, -0.2) is 0 Å². The minimum absolute atomic E-state index is 0.0199. The predicted molar refractivity (Wildman–Crippen MR) is 81.7 cm³/mol. The first-order valence-corrected chi connectivity index (χ1v) is 7.27. The van der Waals surface area contributed by atoms with Gasteiger partial charge in [0.2, 0.25) is 0 Å². The van der Waals surface area contributed by atoms with Crippen molar-refractivity contribution in [2.75, 3.05) is 7.05 Å². The van der Waals surface area contributed by atoms with Crippen LogP contribution < -0.4 is 5.32 Å². The van der Waals surface area contributed by atoms with E-state index in [0.29, 0.717) is 19.3 Å². The first kappa shape index (κ1) is 22.5. The average molecular weight is 317 g/mol. The van der Waals surface area contributed by atoms with E-state index in [-0.39, 0.29) is 23.9 Å². The summed E-state index contributed by atoms with van der Waals surface area (Å²) in [4.78, 5) is 41.8. The van der Waals surface area contributed by atoms with Crippen LogP contribution in [0.1, 0.15) is 52.9 Å². The Balaban J connectivity index is 0. The largest absolute Gasteiger partial charge is 0.481 e. The normalized spacial score (nSPS) is 12.5. The van der Waals surface area contributed by atoms with Gasteiger partial charge in [0.25, 0.3) is 0 Å². The molecule has 0 aromatic heterocycles. The molecule has 0 saturated heterocycles. The molecule has 0 aromatic carbocycles. The molecule has 0 saturated carbocycles. The second-order valence-electron chi connectivity index (χ2n) is 5.07. The number of carbonyl (C=O) groups is 4. The maximum atomic E-state index is 10.8. The maximum Gasteiger partial charge on any atom is 0.320 e. The molecule has 7 heteroatoms. The van der Waals surface area contributed by atoms with E-state index in [2.05, 4.69) is 5.32 Å². The van der Waals surface area contributed by atoms with Crippen molar-refractivity contribution < 1.29 is 29.4 Å². The van der Waals surface area contributed by atoms with Crippen molar-refractivity contribution in [2.45, 2.75) is 58.9 Å². The van der Waals surface area contributed by atoms with Gasteiger partial charge < -0.3 is 20.3 Å². The van der Waals surface area contributed by atoms with Crippen LogP contribution in [0.5, 0.6) is 0 Å². The predicted octanol–water partition coefficient (Wildman–Crippen LogP) is 1.49. The maximum absolute atomic E-state index is 10.8. The second-order valence-corrected chi connectivity index (χ2v) is 5.07. The first-order chi connectivity index (χ1) is 10.1. The highest BCUT2D eigenvalue weighted by molar-refractivity contribution is 5.79. The van der Waals surface area contributed by atoms with E-state index >= 15 is 0 Å². The Morgan fingerprint density at radius 3 is 1.82 bits per heavy atom. The first-order valence-electron chi connectivity index (χ1n) is 7.27. The molecule has 3 N–H and O–H groups in total. The van der Waals surface area contributed by atoms with Crippen molar-refractivity contribution >= 4 is 23.5 Å². The van der Waals surface area contributed by atoms with Crippen molar-refractivity contribution in [3.05, 3.63) is 0 Å². The van der Waals surface area contributed by atoms with Crippen LogP contribution in [-0.4, -0.2) is 46.8 Å². The molecule has 0 aromatic rings. The van der Waals surface area contributed by atoms with Crippen LogP contribution in [0.15, 0.2) is 0 Å². The standard InChI is InChI=1S/C8H14O3.C7H13NO3/c1-3-7(6(2)9)4-5-8(10)11;1-5(9)3-4-6(8-2)7(10)11/h7H,3-5H2,1-2H3,(H,10,11);6,8H,3-4H2,1-2H3,(H,10,11). The van der Waals surface area contributed by atoms with Crippen LogP contribution in [0.25, 0.3) is 0 Å². The summed E-state index contributed by atoms with van der Waals surface area (Å²) >= 11 is 0. The summed E-state index contributed by atoms with van der Waals surface area (Å²) in [5, 5.41) is 19.4. The Kier molecular flexibility index (Phi) is 13.2. The van der Waals surface area contributed by atoms with Gasteiger partial charge in [-0.2, -0.15) is 0 Å². The summed E-state index contributed by atoms with van der Waals surface area (Å²) in [6.07, 6.45) is 1.99. The fraction of sp³-hybridized carbons (Fsp3) is 0.733. The molecule has 0 aliphatic carbocycles. The molecule has 7 nitrogen and oxygen atoms in total. The molecule has 0 heterocycles. The Labute approximate surface area is 131 Å². The number of aliphatic carboxylic acids is 2. The molecule has 2 unspecified atom stereocenters. The zero-order valence-electron chi connectivity index (χ0n) is 13.7. The van der Waals surface area contributed by atoms with E-state index in [9.17, 15) is 19.2 Å². The zero-order valence-corrected chi connectivity index (χ0v) is 13.7. The summed E-state index contributed by atoms with van der Waals surface area (Å²) < 4.78 is 0. The summed E-state index contributed by atoms with van der Waals surface area (Å²) in [6.45, 7) is 4.86. The average Bonchev–Trinajstić information content (AvgIpc) is 2.39. The number of hydrogen-bond acceptors (Lipinski definition) is 5. The molecule has 0 amide bonds. The number of carboxylic acids is 2. The molecule has 128 valence electrons. The quantitative estimate of drug-likeness (QED) is 0.558. The SMILES string of the molecule is CCC(CCC(=O)O)C(C)=O.CNC(CCC(C)=O)C(=O)O. The summed E-state index contributed by atoms with van der Waals surface area (Å²) in [7, 11) is 1.57. The lowest BCUT2D eigenvalue weighted by molar-refractivity contribution is -0.140. The Bertz CT molecular complexity index is 344. The van der Waals surface area contributed by atoms with Crippen LogP contribution >= 0.6 is 0 Å². The van der Waals surface area contributed by atoms with Crippen LogP contribution in [0.3, 0.4) is 0 Å². The van der Waals surface area contributed by atoms with Crippen LogP contribution in [0.4, 0.5) is 0 Å². The lowest BCUT2D eigenvalue weighted by Crippen LogP contribution is -2.34. The Morgan fingerprint density at radius 1 is 1.00 bits per heavy atom. The van der Waals surface area contributed by atoms with E-state index in [0.717, 1.165) is 6.42 Å². The van der Waals surface area contributed by atoms with Gasteiger partial charge in [-0.1, -0.05) is 6.92 Å². The third-order valence-electron chi connectivity index (χ3n) is 3.21. The molecule has 0 fully saturated rings.